The highest BCUT2D eigenvalue weighted by molar-refractivity contribution is 8.00. The number of amides is 2. The monoisotopic (exact) mass is 406 g/mol. The number of aryl methyl sites for hydroxylation is 1. The molecule has 4 N–H and O–H groups in total. The lowest BCUT2D eigenvalue weighted by molar-refractivity contribution is -0.119. The molecule has 2 aromatic rings. The zero-order valence-corrected chi connectivity index (χ0v) is 16.2. The first-order chi connectivity index (χ1) is 12.9. The van der Waals surface area contributed by atoms with Crippen LogP contribution < -0.4 is 21.5 Å². The van der Waals surface area contributed by atoms with Crippen molar-refractivity contribution in [2.24, 2.45) is 0 Å². The number of carbonyl (C=O) groups excluding carboxylic acids is 2. The van der Waals surface area contributed by atoms with Crippen molar-refractivity contribution >= 4 is 52.3 Å². The highest BCUT2D eigenvalue weighted by atomic mass is 32.2. The zero-order chi connectivity index (χ0) is 19.6. The van der Waals surface area contributed by atoms with Gasteiger partial charge < -0.3 is 10.6 Å². The molecule has 0 atom stereocenters. The number of thiocarbonyl (C=S) groups is 1. The second-order valence-corrected chi connectivity index (χ2v) is 6.91. The summed E-state index contributed by atoms with van der Waals surface area (Å²) in [6.07, 6.45) is 0. The predicted octanol–water partition coefficient (Wildman–Crippen LogP) is 2.82. The molecule has 0 aromatic heterocycles. The van der Waals surface area contributed by atoms with E-state index in [4.69, 9.17) is 12.2 Å². The molecule has 0 aliphatic heterocycles. The summed E-state index contributed by atoms with van der Waals surface area (Å²) in [5, 5.41) is 5.45. The Hall–Kier alpha value is -2.65. The summed E-state index contributed by atoms with van der Waals surface area (Å²) >= 11 is 6.14. The normalized spacial score (nSPS) is 10.0. The number of para-hydroxylation sites is 1. The summed E-state index contributed by atoms with van der Waals surface area (Å²) in [7, 11) is 0. The smallest absolute Gasteiger partial charge is 0.248 e. The van der Waals surface area contributed by atoms with E-state index in [1.165, 1.54) is 12.1 Å². The quantitative estimate of drug-likeness (QED) is 0.436. The van der Waals surface area contributed by atoms with Crippen LogP contribution >= 0.6 is 24.0 Å². The maximum absolute atomic E-state index is 13.5. The molecule has 2 rings (SSSR count). The Morgan fingerprint density at radius 2 is 1.74 bits per heavy atom. The third-order valence-electron chi connectivity index (χ3n) is 3.21. The lowest BCUT2D eigenvalue weighted by atomic mass is 10.2. The Kier molecular flexibility index (Phi) is 8.02. The zero-order valence-electron chi connectivity index (χ0n) is 14.5. The molecular formula is C18H19FN4O2S2. The van der Waals surface area contributed by atoms with Gasteiger partial charge in [0.25, 0.3) is 0 Å². The molecule has 0 saturated carbocycles. The Bertz CT molecular complexity index is 833. The standard InChI is InChI=1S/C18H19FN4O2S2/c1-12-5-4-6-13(9-12)20-16(24)10-27-11-17(25)22-23-18(26)21-15-8-3-2-7-14(15)19/h2-9H,10-11H2,1H3,(H,20,24)(H,22,25)(H2,21,23,26). The number of thioether (sulfide) groups is 1. The minimum atomic E-state index is -0.455. The first-order valence-electron chi connectivity index (χ1n) is 7.98. The first kappa shape index (κ1) is 20.7. The van der Waals surface area contributed by atoms with Crippen LogP contribution in [-0.2, 0) is 9.59 Å². The number of hydrazine groups is 1. The van der Waals surface area contributed by atoms with Crippen molar-refractivity contribution in [1.82, 2.24) is 10.9 Å². The highest BCUT2D eigenvalue weighted by Gasteiger charge is 2.07. The third-order valence-corrected chi connectivity index (χ3v) is 4.34. The van der Waals surface area contributed by atoms with Gasteiger partial charge in [0.05, 0.1) is 17.2 Å². The fourth-order valence-corrected chi connectivity index (χ4v) is 2.81. The van der Waals surface area contributed by atoms with E-state index in [9.17, 15) is 14.0 Å². The molecule has 6 nitrogen and oxygen atoms in total. The molecule has 2 aromatic carbocycles. The van der Waals surface area contributed by atoms with Gasteiger partial charge in [-0.15, -0.1) is 11.8 Å². The molecule has 142 valence electrons. The molecule has 0 heterocycles. The second kappa shape index (κ2) is 10.5. The van der Waals surface area contributed by atoms with E-state index in [2.05, 4.69) is 21.5 Å². The Labute approximate surface area is 166 Å². The van der Waals surface area contributed by atoms with Crippen LogP contribution in [0, 0.1) is 12.7 Å². The molecule has 0 aliphatic carbocycles. The fraction of sp³-hybridized carbons (Fsp3) is 0.167. The minimum absolute atomic E-state index is 0.0515. The topological polar surface area (TPSA) is 82.3 Å². The number of nitrogens with one attached hydrogen (secondary N) is 4. The van der Waals surface area contributed by atoms with Gasteiger partial charge in [0.1, 0.15) is 5.82 Å². The van der Waals surface area contributed by atoms with Crippen LogP contribution in [0.1, 0.15) is 5.56 Å². The molecule has 0 unspecified atom stereocenters. The van der Waals surface area contributed by atoms with Crippen LogP contribution in [0.2, 0.25) is 0 Å². The molecule has 0 aliphatic rings. The first-order valence-corrected chi connectivity index (χ1v) is 9.55. The van der Waals surface area contributed by atoms with Crippen LogP contribution in [0.5, 0.6) is 0 Å². The van der Waals surface area contributed by atoms with Crippen LogP contribution in [-0.4, -0.2) is 28.4 Å². The van der Waals surface area contributed by atoms with Crippen LogP contribution in [0.4, 0.5) is 15.8 Å². The minimum Gasteiger partial charge on any atom is -0.329 e. The maximum Gasteiger partial charge on any atom is 0.248 e. The van der Waals surface area contributed by atoms with Crippen molar-refractivity contribution in [3.63, 3.8) is 0 Å². The third kappa shape index (κ3) is 7.63. The number of halogens is 1. The Morgan fingerprint density at radius 1 is 1.00 bits per heavy atom. The van der Waals surface area contributed by atoms with Crippen LogP contribution in [0.25, 0.3) is 0 Å². The fourth-order valence-electron chi connectivity index (χ4n) is 2.04. The molecule has 9 heteroatoms. The molecule has 0 fully saturated rings. The second-order valence-electron chi connectivity index (χ2n) is 5.52. The summed E-state index contributed by atoms with van der Waals surface area (Å²) in [6, 6.07) is 13.5. The number of hydrogen-bond acceptors (Lipinski definition) is 4. The summed E-state index contributed by atoms with van der Waals surface area (Å²) in [5.41, 5.74) is 6.83. The average molecular weight is 407 g/mol. The van der Waals surface area contributed by atoms with E-state index in [-0.39, 0.29) is 34.1 Å². The molecule has 0 spiro atoms. The van der Waals surface area contributed by atoms with Gasteiger partial charge in [0.2, 0.25) is 11.8 Å². The molecule has 27 heavy (non-hydrogen) atoms. The SMILES string of the molecule is Cc1cccc(NC(=O)CSCC(=O)NNC(=S)Nc2ccccc2F)c1. The van der Waals surface area contributed by atoms with Crippen molar-refractivity contribution in [3.05, 3.63) is 59.9 Å². The van der Waals surface area contributed by atoms with E-state index in [1.807, 2.05) is 25.1 Å². The number of benzene rings is 2. The summed E-state index contributed by atoms with van der Waals surface area (Å²) in [6.45, 7) is 1.94. The van der Waals surface area contributed by atoms with Gasteiger partial charge >= 0.3 is 0 Å². The van der Waals surface area contributed by atoms with Crippen molar-refractivity contribution in [3.8, 4) is 0 Å². The van der Waals surface area contributed by atoms with Crippen LogP contribution in [0.15, 0.2) is 48.5 Å². The van der Waals surface area contributed by atoms with Gasteiger partial charge in [-0.2, -0.15) is 0 Å². The van der Waals surface area contributed by atoms with Gasteiger partial charge in [0.15, 0.2) is 5.11 Å². The largest absolute Gasteiger partial charge is 0.329 e. The molecule has 0 saturated heterocycles. The van der Waals surface area contributed by atoms with E-state index < -0.39 is 5.82 Å². The Balaban J connectivity index is 1.63. The van der Waals surface area contributed by atoms with Gasteiger partial charge in [-0.1, -0.05) is 24.3 Å². The van der Waals surface area contributed by atoms with Gasteiger partial charge in [-0.3, -0.25) is 20.4 Å². The van der Waals surface area contributed by atoms with Crippen molar-refractivity contribution in [1.29, 1.82) is 0 Å². The number of anilines is 2. The van der Waals surface area contributed by atoms with E-state index >= 15 is 0 Å². The van der Waals surface area contributed by atoms with Gasteiger partial charge in [-0.25, -0.2) is 4.39 Å². The summed E-state index contributed by atoms with van der Waals surface area (Å²) in [4.78, 5) is 23.6. The summed E-state index contributed by atoms with van der Waals surface area (Å²) in [5.74, 6) is -0.803. The number of rotatable bonds is 6. The van der Waals surface area contributed by atoms with Crippen molar-refractivity contribution in [2.45, 2.75) is 6.92 Å². The highest BCUT2D eigenvalue weighted by Crippen LogP contribution is 2.12. The lowest BCUT2D eigenvalue weighted by Crippen LogP contribution is -2.44. The number of hydrogen-bond donors (Lipinski definition) is 4. The molecule has 0 bridgehead atoms. The molecule has 2 amide bonds. The van der Waals surface area contributed by atoms with Gasteiger partial charge in [0, 0.05) is 5.69 Å². The molecule has 0 radical (unpaired) electrons. The van der Waals surface area contributed by atoms with Gasteiger partial charge in [-0.05, 0) is 49.0 Å². The van der Waals surface area contributed by atoms with E-state index in [0.29, 0.717) is 0 Å². The van der Waals surface area contributed by atoms with E-state index in [0.717, 1.165) is 23.0 Å². The molecular weight excluding hydrogens is 387 g/mol. The Morgan fingerprint density at radius 3 is 2.48 bits per heavy atom. The predicted molar refractivity (Wildman–Crippen MR) is 111 cm³/mol. The number of carbonyl (C=O) groups is 2. The van der Waals surface area contributed by atoms with Crippen LogP contribution in [0.3, 0.4) is 0 Å². The summed E-state index contributed by atoms with van der Waals surface area (Å²) < 4.78 is 13.5. The maximum atomic E-state index is 13.5. The average Bonchev–Trinajstić information content (AvgIpc) is 2.62. The van der Waals surface area contributed by atoms with E-state index in [1.54, 1.807) is 18.2 Å². The van der Waals surface area contributed by atoms with Crippen molar-refractivity contribution in [2.75, 3.05) is 22.1 Å². The van der Waals surface area contributed by atoms with Crippen molar-refractivity contribution < 1.29 is 14.0 Å². The lowest BCUT2D eigenvalue weighted by Gasteiger charge is -2.12.